The number of nitrogens with two attached hydrogens (primary N) is 1. The number of nitrogen functional groups attached to an aromatic ring is 1. The molecule has 1 amide bonds. The fraction of sp³-hybridized carbons (Fsp3) is 0.0714. The van der Waals surface area contributed by atoms with E-state index in [1.807, 2.05) is 6.07 Å². The van der Waals surface area contributed by atoms with Gasteiger partial charge in [0.1, 0.15) is 5.82 Å². The van der Waals surface area contributed by atoms with E-state index in [2.05, 4.69) is 5.32 Å². The van der Waals surface area contributed by atoms with Crippen LogP contribution in [0.1, 0.15) is 15.9 Å². The summed E-state index contributed by atoms with van der Waals surface area (Å²) in [4.78, 5) is 11.9. The van der Waals surface area contributed by atoms with Crippen molar-refractivity contribution in [3.05, 3.63) is 64.4 Å². The van der Waals surface area contributed by atoms with Gasteiger partial charge >= 0.3 is 0 Å². The number of nitrogens with one attached hydrogen (secondary N) is 1. The molecule has 0 aliphatic carbocycles. The summed E-state index contributed by atoms with van der Waals surface area (Å²) in [5.74, 6) is -1.02. The van der Waals surface area contributed by atoms with Gasteiger partial charge in [-0.25, -0.2) is 4.39 Å². The number of amides is 1. The molecule has 0 heterocycles. The first kappa shape index (κ1) is 13.4. The molecular formula is C14H12ClFN2O. The minimum atomic E-state index is -0.601. The van der Waals surface area contributed by atoms with E-state index >= 15 is 0 Å². The third kappa shape index (κ3) is 3.23. The Hall–Kier alpha value is -2.07. The molecule has 0 atom stereocenters. The van der Waals surface area contributed by atoms with E-state index in [1.54, 1.807) is 18.2 Å². The van der Waals surface area contributed by atoms with Gasteiger partial charge in [-0.05, 0) is 29.8 Å². The van der Waals surface area contributed by atoms with Crippen LogP contribution in [0.5, 0.6) is 0 Å². The molecule has 3 nitrogen and oxygen atoms in total. The van der Waals surface area contributed by atoms with Crippen LogP contribution in [0.3, 0.4) is 0 Å². The third-order valence-corrected chi connectivity index (χ3v) is 2.87. The van der Waals surface area contributed by atoms with Crippen LogP contribution in [0.25, 0.3) is 0 Å². The highest BCUT2D eigenvalue weighted by Gasteiger charge is 2.12. The molecule has 0 saturated carbocycles. The molecule has 0 bridgehead atoms. The van der Waals surface area contributed by atoms with Crippen LogP contribution in [0.15, 0.2) is 42.5 Å². The normalized spacial score (nSPS) is 10.2. The van der Waals surface area contributed by atoms with E-state index in [-0.39, 0.29) is 11.3 Å². The van der Waals surface area contributed by atoms with E-state index in [1.165, 1.54) is 18.2 Å². The van der Waals surface area contributed by atoms with Crippen molar-refractivity contribution in [2.75, 3.05) is 5.73 Å². The Morgan fingerprint density at radius 2 is 2.00 bits per heavy atom. The Balaban J connectivity index is 2.08. The van der Waals surface area contributed by atoms with Crippen molar-refractivity contribution >= 4 is 23.2 Å². The summed E-state index contributed by atoms with van der Waals surface area (Å²) in [5, 5.41) is 3.26. The molecule has 0 aromatic heterocycles. The lowest BCUT2D eigenvalue weighted by molar-refractivity contribution is 0.0951. The zero-order chi connectivity index (χ0) is 13.8. The first-order valence-electron chi connectivity index (χ1n) is 5.64. The molecule has 0 spiro atoms. The number of rotatable bonds is 3. The predicted molar refractivity (Wildman–Crippen MR) is 73.4 cm³/mol. The molecule has 2 rings (SSSR count). The average molecular weight is 279 g/mol. The van der Waals surface area contributed by atoms with Crippen molar-refractivity contribution in [1.82, 2.24) is 5.32 Å². The molecule has 0 saturated heterocycles. The highest BCUT2D eigenvalue weighted by molar-refractivity contribution is 6.30. The smallest absolute Gasteiger partial charge is 0.253 e. The van der Waals surface area contributed by atoms with Gasteiger partial charge in [-0.2, -0.15) is 0 Å². The lowest BCUT2D eigenvalue weighted by atomic mass is 10.1. The molecule has 0 aliphatic heterocycles. The topological polar surface area (TPSA) is 55.1 Å². The SMILES string of the molecule is Nc1c(F)cccc1C(=O)NCc1cccc(Cl)c1. The Bertz CT molecular complexity index is 616. The number of carbonyl (C=O) groups is 1. The van der Waals surface area contributed by atoms with Gasteiger partial charge in [0.2, 0.25) is 0 Å². The summed E-state index contributed by atoms with van der Waals surface area (Å²) in [6, 6.07) is 11.3. The van der Waals surface area contributed by atoms with Gasteiger partial charge in [-0.15, -0.1) is 0 Å². The third-order valence-electron chi connectivity index (χ3n) is 2.64. The molecule has 0 fully saturated rings. The van der Waals surface area contributed by atoms with Crippen LogP contribution in [0, 0.1) is 5.82 Å². The fourth-order valence-electron chi connectivity index (χ4n) is 1.66. The molecule has 2 aromatic carbocycles. The second-order valence-electron chi connectivity index (χ2n) is 4.01. The Kier molecular flexibility index (Phi) is 4.02. The van der Waals surface area contributed by atoms with Gasteiger partial charge in [-0.3, -0.25) is 4.79 Å². The number of para-hydroxylation sites is 1. The molecule has 0 radical (unpaired) electrons. The maximum absolute atomic E-state index is 13.2. The van der Waals surface area contributed by atoms with Gasteiger partial charge in [0.25, 0.3) is 5.91 Å². The minimum Gasteiger partial charge on any atom is -0.396 e. The summed E-state index contributed by atoms with van der Waals surface area (Å²) >= 11 is 5.84. The molecule has 19 heavy (non-hydrogen) atoms. The first-order valence-corrected chi connectivity index (χ1v) is 6.02. The van der Waals surface area contributed by atoms with Gasteiger partial charge in [0.05, 0.1) is 11.3 Å². The van der Waals surface area contributed by atoms with Crippen molar-refractivity contribution < 1.29 is 9.18 Å². The minimum absolute atomic E-state index is 0.127. The summed E-state index contributed by atoms with van der Waals surface area (Å²) in [7, 11) is 0. The number of anilines is 1. The first-order chi connectivity index (χ1) is 9.08. The molecule has 0 aliphatic rings. The second kappa shape index (κ2) is 5.71. The summed E-state index contributed by atoms with van der Waals surface area (Å²) in [5.41, 5.74) is 6.36. The van der Waals surface area contributed by atoms with Crippen LogP contribution in [0.4, 0.5) is 10.1 Å². The number of halogens is 2. The van der Waals surface area contributed by atoms with Crippen molar-refractivity contribution in [3.63, 3.8) is 0 Å². The quantitative estimate of drug-likeness (QED) is 0.848. The van der Waals surface area contributed by atoms with Gasteiger partial charge in [0, 0.05) is 11.6 Å². The fourth-order valence-corrected chi connectivity index (χ4v) is 1.87. The van der Waals surface area contributed by atoms with Gasteiger partial charge in [-0.1, -0.05) is 29.8 Å². The number of hydrogen-bond acceptors (Lipinski definition) is 2. The Morgan fingerprint density at radius 1 is 1.26 bits per heavy atom. The Labute approximate surface area is 115 Å². The zero-order valence-corrected chi connectivity index (χ0v) is 10.7. The molecule has 0 unspecified atom stereocenters. The van der Waals surface area contributed by atoms with Gasteiger partial charge < -0.3 is 11.1 Å². The standard InChI is InChI=1S/C14H12ClFN2O/c15-10-4-1-3-9(7-10)8-18-14(19)11-5-2-6-12(16)13(11)17/h1-7H,8,17H2,(H,18,19). The van der Waals surface area contributed by atoms with E-state index in [0.29, 0.717) is 11.6 Å². The van der Waals surface area contributed by atoms with Crippen molar-refractivity contribution in [2.24, 2.45) is 0 Å². The van der Waals surface area contributed by atoms with Crippen molar-refractivity contribution in [1.29, 1.82) is 0 Å². The Morgan fingerprint density at radius 3 is 2.74 bits per heavy atom. The van der Waals surface area contributed by atoms with Crippen LogP contribution < -0.4 is 11.1 Å². The van der Waals surface area contributed by atoms with Crippen LogP contribution >= 0.6 is 11.6 Å². The van der Waals surface area contributed by atoms with E-state index < -0.39 is 11.7 Å². The van der Waals surface area contributed by atoms with Crippen LogP contribution in [-0.2, 0) is 6.54 Å². The highest BCUT2D eigenvalue weighted by Crippen LogP contribution is 2.16. The van der Waals surface area contributed by atoms with Crippen LogP contribution in [-0.4, -0.2) is 5.91 Å². The zero-order valence-electron chi connectivity index (χ0n) is 9.99. The van der Waals surface area contributed by atoms with Crippen molar-refractivity contribution in [3.8, 4) is 0 Å². The summed E-state index contributed by atoms with van der Waals surface area (Å²) in [6.07, 6.45) is 0. The maximum Gasteiger partial charge on any atom is 0.253 e. The molecule has 98 valence electrons. The highest BCUT2D eigenvalue weighted by atomic mass is 35.5. The van der Waals surface area contributed by atoms with E-state index in [0.717, 1.165) is 5.56 Å². The summed E-state index contributed by atoms with van der Waals surface area (Å²) in [6.45, 7) is 0.301. The number of carbonyl (C=O) groups excluding carboxylic acids is 1. The maximum atomic E-state index is 13.2. The van der Waals surface area contributed by atoms with E-state index in [9.17, 15) is 9.18 Å². The second-order valence-corrected chi connectivity index (χ2v) is 4.45. The monoisotopic (exact) mass is 278 g/mol. The molecule has 2 aromatic rings. The number of benzene rings is 2. The lowest BCUT2D eigenvalue weighted by Crippen LogP contribution is -2.24. The molecule has 5 heteroatoms. The number of hydrogen-bond donors (Lipinski definition) is 2. The van der Waals surface area contributed by atoms with Crippen LogP contribution in [0.2, 0.25) is 5.02 Å². The van der Waals surface area contributed by atoms with Gasteiger partial charge in [0.15, 0.2) is 0 Å². The lowest BCUT2D eigenvalue weighted by Gasteiger charge is -2.08. The van der Waals surface area contributed by atoms with Crippen molar-refractivity contribution in [2.45, 2.75) is 6.54 Å². The van der Waals surface area contributed by atoms with E-state index in [4.69, 9.17) is 17.3 Å². The molecular weight excluding hydrogens is 267 g/mol. The average Bonchev–Trinajstić information content (AvgIpc) is 2.39. The molecule has 3 N–H and O–H groups in total. The largest absolute Gasteiger partial charge is 0.396 e. The predicted octanol–water partition coefficient (Wildman–Crippen LogP) is 2.99. The summed E-state index contributed by atoms with van der Waals surface area (Å²) < 4.78 is 13.2.